The first-order valence-electron chi connectivity index (χ1n) is 4.91. The number of ether oxygens (including phenoxy) is 1. The molecule has 0 saturated heterocycles. The molecule has 0 amide bonds. The maximum absolute atomic E-state index is 11.7. The molecule has 3 nitrogen and oxygen atoms in total. The molecule has 0 unspecified atom stereocenters. The third-order valence-electron chi connectivity index (χ3n) is 2.09. The molecule has 2 aromatic rings. The van der Waals surface area contributed by atoms with Crippen LogP contribution in [0.1, 0.15) is 15.2 Å². The van der Waals surface area contributed by atoms with Gasteiger partial charge in [-0.3, -0.25) is 0 Å². The van der Waals surface area contributed by atoms with Crippen molar-refractivity contribution in [2.45, 2.75) is 6.61 Å². The Balaban J connectivity index is 1.98. The quantitative estimate of drug-likeness (QED) is 0.697. The minimum Gasteiger partial charge on any atom is -0.456 e. The van der Waals surface area contributed by atoms with Crippen LogP contribution in [-0.2, 0) is 11.3 Å². The topological polar surface area (TPSA) is 52.3 Å². The number of nitrogens with two attached hydrogens (primary N) is 1. The van der Waals surface area contributed by atoms with E-state index in [1.165, 1.54) is 0 Å². The lowest BCUT2D eigenvalue weighted by molar-refractivity contribution is 0.0477. The van der Waals surface area contributed by atoms with Gasteiger partial charge in [0.2, 0.25) is 0 Å². The number of esters is 1. The summed E-state index contributed by atoms with van der Waals surface area (Å²) < 4.78 is 6.18. The van der Waals surface area contributed by atoms with E-state index in [1.807, 2.05) is 11.4 Å². The van der Waals surface area contributed by atoms with E-state index in [2.05, 4.69) is 15.9 Å². The van der Waals surface area contributed by atoms with Gasteiger partial charge in [0, 0.05) is 20.4 Å². The van der Waals surface area contributed by atoms with Crippen LogP contribution >= 0.6 is 27.3 Å². The average molecular weight is 312 g/mol. The van der Waals surface area contributed by atoms with Crippen LogP contribution in [0.3, 0.4) is 0 Å². The summed E-state index contributed by atoms with van der Waals surface area (Å²) in [7, 11) is 0. The fraction of sp³-hybridized carbons (Fsp3) is 0.0833. The third kappa shape index (κ3) is 3.31. The van der Waals surface area contributed by atoms with E-state index in [9.17, 15) is 4.79 Å². The van der Waals surface area contributed by atoms with Crippen molar-refractivity contribution in [3.8, 4) is 0 Å². The van der Waals surface area contributed by atoms with Gasteiger partial charge < -0.3 is 10.5 Å². The fourth-order valence-electron chi connectivity index (χ4n) is 1.32. The summed E-state index contributed by atoms with van der Waals surface area (Å²) in [5.41, 5.74) is 6.62. The number of hydrogen-bond donors (Lipinski definition) is 1. The lowest BCUT2D eigenvalue weighted by Gasteiger charge is -2.03. The van der Waals surface area contributed by atoms with Crippen molar-refractivity contribution in [3.63, 3.8) is 0 Å². The first-order valence-corrected chi connectivity index (χ1v) is 6.58. The van der Waals surface area contributed by atoms with Gasteiger partial charge in [-0.1, -0.05) is 6.07 Å². The molecule has 1 heterocycles. The van der Waals surface area contributed by atoms with E-state index in [0.717, 1.165) is 9.35 Å². The predicted molar refractivity (Wildman–Crippen MR) is 72.0 cm³/mol. The van der Waals surface area contributed by atoms with E-state index in [0.29, 0.717) is 11.3 Å². The highest BCUT2D eigenvalue weighted by atomic mass is 79.9. The Morgan fingerprint density at radius 2 is 2.24 bits per heavy atom. The third-order valence-corrected chi connectivity index (χ3v) is 3.76. The van der Waals surface area contributed by atoms with Crippen molar-refractivity contribution in [1.82, 2.24) is 0 Å². The van der Waals surface area contributed by atoms with Crippen molar-refractivity contribution in [2.24, 2.45) is 0 Å². The van der Waals surface area contributed by atoms with E-state index < -0.39 is 0 Å². The molecule has 0 bridgehead atoms. The normalized spacial score (nSPS) is 10.2. The molecular weight excluding hydrogens is 302 g/mol. The number of carbonyl (C=O) groups is 1. The number of carbonyl (C=O) groups excluding carboxylic acids is 1. The van der Waals surface area contributed by atoms with E-state index in [1.54, 1.807) is 35.6 Å². The van der Waals surface area contributed by atoms with Crippen LogP contribution in [0.2, 0.25) is 0 Å². The van der Waals surface area contributed by atoms with Crippen molar-refractivity contribution in [3.05, 3.63) is 50.6 Å². The summed E-state index contributed by atoms with van der Waals surface area (Å²) in [6.45, 7) is 0.282. The van der Waals surface area contributed by atoms with E-state index in [4.69, 9.17) is 10.5 Å². The molecule has 5 heteroatoms. The Morgan fingerprint density at radius 1 is 1.41 bits per heavy atom. The monoisotopic (exact) mass is 311 g/mol. The summed E-state index contributed by atoms with van der Waals surface area (Å²) in [5, 5.41) is 1.95. The molecule has 17 heavy (non-hydrogen) atoms. The maximum atomic E-state index is 11.7. The molecule has 1 aromatic carbocycles. The van der Waals surface area contributed by atoms with Crippen LogP contribution in [0.5, 0.6) is 0 Å². The molecule has 0 aliphatic heterocycles. The van der Waals surface area contributed by atoms with E-state index >= 15 is 0 Å². The number of rotatable bonds is 3. The number of nitrogen functional groups attached to an aromatic ring is 1. The summed E-state index contributed by atoms with van der Waals surface area (Å²) in [5.74, 6) is -0.359. The number of anilines is 1. The molecule has 0 fully saturated rings. The van der Waals surface area contributed by atoms with Crippen molar-refractivity contribution < 1.29 is 9.53 Å². The Labute approximate surface area is 111 Å². The summed E-state index contributed by atoms with van der Waals surface area (Å²) in [6, 6.07) is 8.67. The Kier molecular flexibility index (Phi) is 3.81. The van der Waals surface area contributed by atoms with Gasteiger partial charge in [0.1, 0.15) is 6.61 Å². The van der Waals surface area contributed by atoms with Gasteiger partial charge in [-0.05, 0) is 40.2 Å². The summed E-state index contributed by atoms with van der Waals surface area (Å²) in [6.07, 6.45) is 0. The van der Waals surface area contributed by atoms with Crippen molar-refractivity contribution >= 4 is 38.9 Å². The number of thiophene rings is 1. The molecule has 0 aliphatic carbocycles. The largest absolute Gasteiger partial charge is 0.456 e. The SMILES string of the molecule is Nc1cccc(C(=O)OCc2cc(Br)cs2)c1. The first-order chi connectivity index (χ1) is 8.15. The first kappa shape index (κ1) is 12.1. The molecule has 2 rings (SSSR count). The van der Waals surface area contributed by atoms with Crippen LogP contribution in [0.15, 0.2) is 40.2 Å². The lowest BCUT2D eigenvalue weighted by Crippen LogP contribution is -2.04. The zero-order chi connectivity index (χ0) is 12.3. The predicted octanol–water partition coefficient (Wildman–Crippen LogP) is 3.45. The minimum absolute atomic E-state index is 0.282. The zero-order valence-corrected chi connectivity index (χ0v) is 11.3. The van der Waals surface area contributed by atoms with Crippen molar-refractivity contribution in [2.75, 3.05) is 5.73 Å². The molecule has 1 aromatic heterocycles. The summed E-state index contributed by atoms with van der Waals surface area (Å²) >= 11 is 4.89. The number of hydrogen-bond acceptors (Lipinski definition) is 4. The summed E-state index contributed by atoms with van der Waals surface area (Å²) in [4.78, 5) is 12.7. The van der Waals surface area contributed by atoms with Gasteiger partial charge in [-0.2, -0.15) is 0 Å². The van der Waals surface area contributed by atoms with Crippen molar-refractivity contribution in [1.29, 1.82) is 0 Å². The van der Waals surface area contributed by atoms with Gasteiger partial charge in [0.25, 0.3) is 0 Å². The van der Waals surface area contributed by atoms with Crippen LogP contribution in [0.25, 0.3) is 0 Å². The van der Waals surface area contributed by atoms with Crippen LogP contribution in [0, 0.1) is 0 Å². The van der Waals surface area contributed by atoms with Crippen LogP contribution < -0.4 is 5.73 Å². The highest BCUT2D eigenvalue weighted by Crippen LogP contribution is 2.20. The lowest BCUT2D eigenvalue weighted by atomic mass is 10.2. The highest BCUT2D eigenvalue weighted by Gasteiger charge is 2.08. The molecule has 0 atom stereocenters. The van der Waals surface area contributed by atoms with Gasteiger partial charge in [0.15, 0.2) is 0 Å². The Morgan fingerprint density at radius 3 is 2.88 bits per heavy atom. The second kappa shape index (κ2) is 5.33. The molecule has 88 valence electrons. The molecule has 0 aliphatic rings. The minimum atomic E-state index is -0.359. The Bertz CT molecular complexity index is 539. The number of benzene rings is 1. The van der Waals surface area contributed by atoms with Gasteiger partial charge >= 0.3 is 5.97 Å². The van der Waals surface area contributed by atoms with Gasteiger partial charge in [-0.25, -0.2) is 4.79 Å². The standard InChI is InChI=1S/C12H10BrNO2S/c13-9-5-11(17-7-9)6-16-12(15)8-2-1-3-10(14)4-8/h1-5,7H,6,14H2. The van der Waals surface area contributed by atoms with E-state index in [-0.39, 0.29) is 12.6 Å². The van der Waals surface area contributed by atoms with Gasteiger partial charge in [-0.15, -0.1) is 11.3 Å². The fourth-order valence-corrected chi connectivity index (χ4v) is 2.68. The van der Waals surface area contributed by atoms with Crippen LogP contribution in [-0.4, -0.2) is 5.97 Å². The molecule has 0 radical (unpaired) electrons. The average Bonchev–Trinajstić information content (AvgIpc) is 2.72. The zero-order valence-electron chi connectivity index (χ0n) is 8.85. The molecule has 2 N–H and O–H groups in total. The smallest absolute Gasteiger partial charge is 0.338 e. The van der Waals surface area contributed by atoms with Crippen LogP contribution in [0.4, 0.5) is 5.69 Å². The Hall–Kier alpha value is -1.33. The maximum Gasteiger partial charge on any atom is 0.338 e. The number of halogens is 1. The second-order valence-corrected chi connectivity index (χ2v) is 5.34. The molecular formula is C12H10BrNO2S. The molecule has 0 saturated carbocycles. The highest BCUT2D eigenvalue weighted by molar-refractivity contribution is 9.10. The second-order valence-electron chi connectivity index (χ2n) is 3.43. The molecule has 0 spiro atoms. The van der Waals surface area contributed by atoms with Gasteiger partial charge in [0.05, 0.1) is 5.56 Å².